The molecule has 0 amide bonds. The van der Waals surface area contributed by atoms with E-state index in [9.17, 15) is 8.42 Å². The molecule has 0 spiro atoms. The van der Waals surface area contributed by atoms with E-state index >= 15 is 0 Å². The quantitative estimate of drug-likeness (QED) is 0.354. The molecule has 0 bridgehead atoms. The van der Waals surface area contributed by atoms with Crippen LogP contribution in [0.1, 0.15) is 6.42 Å². The van der Waals surface area contributed by atoms with Crippen molar-refractivity contribution in [2.24, 2.45) is 0 Å². The van der Waals surface area contributed by atoms with E-state index in [2.05, 4.69) is 4.18 Å². The highest BCUT2D eigenvalue weighted by Crippen LogP contribution is 1.90. The smallest absolute Gasteiger partial charge is 0.264 e. The van der Waals surface area contributed by atoms with Gasteiger partial charge in [0.1, 0.15) is 0 Å². The molecule has 0 aliphatic rings. The van der Waals surface area contributed by atoms with Gasteiger partial charge in [0.25, 0.3) is 10.1 Å². The Morgan fingerprint density at radius 3 is 2.44 bits per heavy atom. The van der Waals surface area contributed by atoms with Crippen LogP contribution in [0.15, 0.2) is 0 Å². The lowest BCUT2D eigenvalue weighted by molar-refractivity contribution is 0.322. The first-order valence-electron chi connectivity index (χ1n) is 2.46. The molecule has 0 heterocycles. The van der Waals surface area contributed by atoms with Gasteiger partial charge in [0.15, 0.2) is 0 Å². The van der Waals surface area contributed by atoms with Crippen LogP contribution in [0.4, 0.5) is 0 Å². The van der Waals surface area contributed by atoms with E-state index in [-0.39, 0.29) is 6.61 Å². The lowest BCUT2D eigenvalue weighted by Crippen LogP contribution is -2.04. The standard InChI is InChI=1S/C4H9ClO3S/c1-9(6,7)8-4-2-3-5/h2-4H2,1H3. The minimum Gasteiger partial charge on any atom is -0.270 e. The molecule has 3 nitrogen and oxygen atoms in total. The molecule has 0 aromatic carbocycles. The zero-order valence-corrected chi connectivity index (χ0v) is 6.70. The first-order valence-corrected chi connectivity index (χ1v) is 4.82. The molecule has 0 aliphatic carbocycles. The van der Waals surface area contributed by atoms with Crippen molar-refractivity contribution in [1.29, 1.82) is 0 Å². The molecule has 5 heteroatoms. The van der Waals surface area contributed by atoms with Gasteiger partial charge in [0.2, 0.25) is 0 Å². The number of halogens is 1. The maximum absolute atomic E-state index is 10.2. The normalized spacial score (nSPS) is 11.8. The first-order chi connectivity index (χ1) is 4.06. The van der Waals surface area contributed by atoms with E-state index in [1.165, 1.54) is 0 Å². The molecule has 56 valence electrons. The molecule has 0 radical (unpaired) electrons. The lowest BCUT2D eigenvalue weighted by atomic mass is 10.5. The van der Waals surface area contributed by atoms with Gasteiger partial charge < -0.3 is 0 Å². The summed E-state index contributed by atoms with van der Waals surface area (Å²) in [5, 5.41) is 0. The van der Waals surface area contributed by atoms with Crippen LogP contribution in [0.25, 0.3) is 0 Å². The first kappa shape index (κ1) is 9.20. The third-order valence-corrected chi connectivity index (χ3v) is 1.44. The highest BCUT2D eigenvalue weighted by Gasteiger charge is 1.98. The van der Waals surface area contributed by atoms with Crippen molar-refractivity contribution in [2.45, 2.75) is 6.42 Å². The zero-order chi connectivity index (χ0) is 7.33. The Balaban J connectivity index is 3.30. The Labute approximate surface area is 60.1 Å². The Morgan fingerprint density at radius 2 is 2.11 bits per heavy atom. The third-order valence-electron chi connectivity index (χ3n) is 0.575. The number of rotatable bonds is 4. The minimum absolute atomic E-state index is 0.183. The van der Waals surface area contributed by atoms with Gasteiger partial charge in [0.05, 0.1) is 12.9 Å². The van der Waals surface area contributed by atoms with E-state index in [0.717, 1.165) is 6.26 Å². The van der Waals surface area contributed by atoms with Crippen LogP contribution < -0.4 is 0 Å². The Morgan fingerprint density at radius 1 is 1.56 bits per heavy atom. The summed E-state index contributed by atoms with van der Waals surface area (Å²) in [6.07, 6.45) is 1.58. The van der Waals surface area contributed by atoms with E-state index < -0.39 is 10.1 Å². The van der Waals surface area contributed by atoms with Gasteiger partial charge in [-0.1, -0.05) is 0 Å². The van der Waals surface area contributed by atoms with Crippen LogP contribution in [-0.4, -0.2) is 27.2 Å². The van der Waals surface area contributed by atoms with Crippen molar-refractivity contribution in [3.8, 4) is 0 Å². The van der Waals surface area contributed by atoms with Crippen molar-refractivity contribution in [3.05, 3.63) is 0 Å². The Bertz CT molecular complexity index is 151. The second-order valence-corrected chi connectivity index (χ2v) is 3.59. The van der Waals surface area contributed by atoms with E-state index in [1.54, 1.807) is 0 Å². The molecule has 0 N–H and O–H groups in total. The molecule has 0 aromatic heterocycles. The van der Waals surface area contributed by atoms with Crippen LogP contribution >= 0.6 is 11.6 Å². The molecule has 9 heavy (non-hydrogen) atoms. The average Bonchev–Trinajstić information content (AvgIpc) is 1.63. The van der Waals surface area contributed by atoms with Crippen LogP contribution in [-0.2, 0) is 14.3 Å². The summed E-state index contributed by atoms with van der Waals surface area (Å²) < 4.78 is 24.8. The Hall–Kier alpha value is 0.200. The molecule has 0 aromatic rings. The van der Waals surface area contributed by atoms with Crippen molar-refractivity contribution >= 4 is 21.7 Å². The van der Waals surface area contributed by atoms with Crippen LogP contribution in [0.3, 0.4) is 0 Å². The topological polar surface area (TPSA) is 43.4 Å². The summed E-state index contributed by atoms with van der Waals surface area (Å²) in [6.45, 7) is 0.183. The van der Waals surface area contributed by atoms with Crippen molar-refractivity contribution in [2.75, 3.05) is 18.7 Å². The molecule has 0 unspecified atom stereocenters. The molecule has 0 saturated carbocycles. The van der Waals surface area contributed by atoms with Crippen molar-refractivity contribution in [3.63, 3.8) is 0 Å². The molecular weight excluding hydrogens is 164 g/mol. The van der Waals surface area contributed by atoms with Gasteiger partial charge in [-0.15, -0.1) is 11.6 Å². The predicted molar refractivity (Wildman–Crippen MR) is 36.1 cm³/mol. The number of alkyl halides is 1. The molecule has 0 fully saturated rings. The van der Waals surface area contributed by atoms with E-state index in [1.807, 2.05) is 0 Å². The monoisotopic (exact) mass is 172 g/mol. The SMILES string of the molecule is CS(=O)(=O)OCCCCl. The van der Waals surface area contributed by atoms with Gasteiger partial charge in [-0.05, 0) is 6.42 Å². The molecule has 0 rings (SSSR count). The third kappa shape index (κ3) is 8.20. The van der Waals surface area contributed by atoms with Crippen LogP contribution in [0.2, 0.25) is 0 Å². The fourth-order valence-corrected chi connectivity index (χ4v) is 0.795. The minimum atomic E-state index is -3.26. The fourth-order valence-electron chi connectivity index (χ4n) is 0.265. The van der Waals surface area contributed by atoms with E-state index in [4.69, 9.17) is 11.6 Å². The van der Waals surface area contributed by atoms with Gasteiger partial charge >= 0.3 is 0 Å². The summed E-state index contributed by atoms with van der Waals surface area (Å²) in [4.78, 5) is 0. The van der Waals surface area contributed by atoms with Crippen LogP contribution in [0.5, 0.6) is 0 Å². The zero-order valence-electron chi connectivity index (χ0n) is 5.13. The largest absolute Gasteiger partial charge is 0.270 e. The fraction of sp³-hybridized carbons (Fsp3) is 1.00. The van der Waals surface area contributed by atoms with Gasteiger partial charge in [0, 0.05) is 5.88 Å². The average molecular weight is 173 g/mol. The molecular formula is C4H9ClO3S. The maximum Gasteiger partial charge on any atom is 0.264 e. The number of hydrogen-bond acceptors (Lipinski definition) is 3. The maximum atomic E-state index is 10.2. The van der Waals surface area contributed by atoms with Crippen molar-refractivity contribution < 1.29 is 12.6 Å². The second-order valence-electron chi connectivity index (χ2n) is 1.57. The van der Waals surface area contributed by atoms with Crippen molar-refractivity contribution in [1.82, 2.24) is 0 Å². The van der Waals surface area contributed by atoms with Crippen LogP contribution in [0, 0.1) is 0 Å². The summed E-state index contributed by atoms with van der Waals surface area (Å²) in [5.74, 6) is 0.426. The summed E-state index contributed by atoms with van der Waals surface area (Å²) in [7, 11) is -3.26. The molecule has 0 aliphatic heterocycles. The van der Waals surface area contributed by atoms with Gasteiger partial charge in [-0.3, -0.25) is 4.18 Å². The van der Waals surface area contributed by atoms with E-state index in [0.29, 0.717) is 12.3 Å². The second kappa shape index (κ2) is 4.09. The summed E-state index contributed by atoms with van der Waals surface area (Å²) >= 11 is 5.26. The molecule has 0 saturated heterocycles. The highest BCUT2D eigenvalue weighted by atomic mass is 35.5. The Kier molecular flexibility index (Phi) is 4.18. The van der Waals surface area contributed by atoms with Gasteiger partial charge in [-0.25, -0.2) is 0 Å². The molecule has 0 atom stereocenters. The highest BCUT2D eigenvalue weighted by molar-refractivity contribution is 7.85. The summed E-state index contributed by atoms with van der Waals surface area (Å²) in [5.41, 5.74) is 0. The lowest BCUT2D eigenvalue weighted by Gasteiger charge is -1.95. The number of hydrogen-bond donors (Lipinski definition) is 0. The summed E-state index contributed by atoms with van der Waals surface area (Å²) in [6, 6.07) is 0. The predicted octanol–water partition coefficient (Wildman–Crippen LogP) is 0.591. The van der Waals surface area contributed by atoms with Gasteiger partial charge in [-0.2, -0.15) is 8.42 Å².